The zero-order chi connectivity index (χ0) is 10.9. The van der Waals surface area contributed by atoms with Gasteiger partial charge in [-0.1, -0.05) is 31.2 Å². The molecular formula is C13H21NO. The Hall–Kier alpha value is -0.860. The first-order valence-electron chi connectivity index (χ1n) is 5.73. The van der Waals surface area contributed by atoms with Crippen LogP contribution in [0.1, 0.15) is 25.0 Å². The molecule has 1 N–H and O–H groups in total. The van der Waals surface area contributed by atoms with Gasteiger partial charge in [0.15, 0.2) is 0 Å². The molecule has 0 unspecified atom stereocenters. The van der Waals surface area contributed by atoms with Crippen LogP contribution in [0, 0.1) is 0 Å². The molecular weight excluding hydrogens is 186 g/mol. The molecule has 1 rings (SSSR count). The van der Waals surface area contributed by atoms with E-state index in [2.05, 4.69) is 36.5 Å². The van der Waals surface area contributed by atoms with Crippen molar-refractivity contribution in [3.05, 3.63) is 35.4 Å². The fraction of sp³-hybridized carbons (Fsp3) is 0.538. The van der Waals surface area contributed by atoms with Gasteiger partial charge in [-0.3, -0.25) is 0 Å². The van der Waals surface area contributed by atoms with E-state index in [9.17, 15) is 0 Å². The van der Waals surface area contributed by atoms with Gasteiger partial charge in [-0.25, -0.2) is 0 Å². The quantitative estimate of drug-likeness (QED) is 0.693. The predicted octanol–water partition coefficient (Wildman–Crippen LogP) is 2.38. The van der Waals surface area contributed by atoms with Gasteiger partial charge in [-0.15, -0.1) is 0 Å². The van der Waals surface area contributed by atoms with Crippen LogP contribution in [0.5, 0.6) is 0 Å². The smallest absolute Gasteiger partial charge is 0.0719 e. The topological polar surface area (TPSA) is 21.3 Å². The van der Waals surface area contributed by atoms with Gasteiger partial charge in [-0.2, -0.15) is 0 Å². The summed E-state index contributed by atoms with van der Waals surface area (Å²) in [5, 5.41) is 3.34. The highest BCUT2D eigenvalue weighted by Crippen LogP contribution is 2.10. The van der Waals surface area contributed by atoms with Crippen LogP contribution in [0.2, 0.25) is 0 Å². The minimum atomic E-state index is 0.735. The Labute approximate surface area is 92.6 Å². The summed E-state index contributed by atoms with van der Waals surface area (Å²) in [7, 11) is 0. The Balaban J connectivity index is 2.52. The van der Waals surface area contributed by atoms with Crippen LogP contribution < -0.4 is 5.32 Å². The third-order valence-corrected chi connectivity index (χ3v) is 2.40. The fourth-order valence-corrected chi connectivity index (χ4v) is 1.55. The highest BCUT2D eigenvalue weighted by molar-refractivity contribution is 5.26. The highest BCUT2D eigenvalue weighted by Gasteiger charge is 2.00. The van der Waals surface area contributed by atoms with Gasteiger partial charge < -0.3 is 10.1 Å². The standard InChI is InChI=1S/C13H21NO/c1-3-14-10-9-12-7-5-6-8-13(12)11-15-4-2/h5-8,14H,3-4,9-11H2,1-2H3. The second kappa shape index (κ2) is 7.43. The Bertz CT molecular complexity index is 273. The lowest BCUT2D eigenvalue weighted by molar-refractivity contribution is 0.133. The van der Waals surface area contributed by atoms with Crippen LogP contribution in [0.4, 0.5) is 0 Å². The minimum absolute atomic E-state index is 0.735. The van der Waals surface area contributed by atoms with Gasteiger partial charge in [0.2, 0.25) is 0 Å². The first-order chi connectivity index (χ1) is 7.38. The second-order valence-corrected chi connectivity index (χ2v) is 3.51. The van der Waals surface area contributed by atoms with Crippen LogP contribution in [0.15, 0.2) is 24.3 Å². The maximum absolute atomic E-state index is 5.45. The average molecular weight is 207 g/mol. The monoisotopic (exact) mass is 207 g/mol. The van der Waals surface area contributed by atoms with E-state index in [1.54, 1.807) is 0 Å². The summed E-state index contributed by atoms with van der Waals surface area (Å²) >= 11 is 0. The lowest BCUT2D eigenvalue weighted by Crippen LogP contribution is -2.16. The molecule has 0 aliphatic carbocycles. The van der Waals surface area contributed by atoms with Crippen molar-refractivity contribution >= 4 is 0 Å². The molecule has 84 valence electrons. The molecule has 0 radical (unpaired) electrons. The summed E-state index contributed by atoms with van der Waals surface area (Å²) in [6.45, 7) is 7.75. The van der Waals surface area contributed by atoms with Gasteiger partial charge in [0, 0.05) is 6.61 Å². The molecule has 0 saturated heterocycles. The van der Waals surface area contributed by atoms with Crippen molar-refractivity contribution in [2.45, 2.75) is 26.9 Å². The van der Waals surface area contributed by atoms with E-state index in [0.29, 0.717) is 0 Å². The molecule has 0 saturated carbocycles. The van der Waals surface area contributed by atoms with E-state index in [4.69, 9.17) is 4.74 Å². The maximum Gasteiger partial charge on any atom is 0.0719 e. The van der Waals surface area contributed by atoms with Crippen molar-refractivity contribution in [3.8, 4) is 0 Å². The van der Waals surface area contributed by atoms with Crippen molar-refractivity contribution in [1.29, 1.82) is 0 Å². The van der Waals surface area contributed by atoms with Gasteiger partial charge in [0.25, 0.3) is 0 Å². The molecule has 2 heteroatoms. The highest BCUT2D eigenvalue weighted by atomic mass is 16.5. The lowest BCUT2D eigenvalue weighted by Gasteiger charge is -2.09. The van der Waals surface area contributed by atoms with Gasteiger partial charge in [0.1, 0.15) is 0 Å². The van der Waals surface area contributed by atoms with E-state index in [0.717, 1.165) is 32.7 Å². The average Bonchev–Trinajstić information content (AvgIpc) is 2.28. The van der Waals surface area contributed by atoms with Crippen LogP contribution in [0.25, 0.3) is 0 Å². The molecule has 0 amide bonds. The van der Waals surface area contributed by atoms with E-state index in [1.807, 2.05) is 6.92 Å². The zero-order valence-corrected chi connectivity index (χ0v) is 9.75. The van der Waals surface area contributed by atoms with Crippen molar-refractivity contribution in [3.63, 3.8) is 0 Å². The molecule has 0 atom stereocenters. The molecule has 1 aromatic rings. The Morgan fingerprint density at radius 2 is 1.87 bits per heavy atom. The normalized spacial score (nSPS) is 10.5. The van der Waals surface area contributed by atoms with Gasteiger partial charge in [0.05, 0.1) is 6.61 Å². The third kappa shape index (κ3) is 4.45. The van der Waals surface area contributed by atoms with E-state index in [-0.39, 0.29) is 0 Å². The van der Waals surface area contributed by atoms with Crippen molar-refractivity contribution in [1.82, 2.24) is 5.32 Å². The number of hydrogen-bond donors (Lipinski definition) is 1. The number of nitrogens with one attached hydrogen (secondary N) is 1. The van der Waals surface area contributed by atoms with Crippen LogP contribution in [0.3, 0.4) is 0 Å². The molecule has 0 aromatic heterocycles. The molecule has 0 aliphatic heterocycles. The minimum Gasteiger partial charge on any atom is -0.377 e. The zero-order valence-electron chi connectivity index (χ0n) is 9.75. The summed E-state index contributed by atoms with van der Waals surface area (Å²) < 4.78 is 5.45. The molecule has 0 bridgehead atoms. The van der Waals surface area contributed by atoms with Gasteiger partial charge in [-0.05, 0) is 37.6 Å². The van der Waals surface area contributed by atoms with Crippen LogP contribution >= 0.6 is 0 Å². The number of hydrogen-bond acceptors (Lipinski definition) is 2. The summed E-state index contributed by atoms with van der Waals surface area (Å²) in [6.07, 6.45) is 1.08. The second-order valence-electron chi connectivity index (χ2n) is 3.51. The molecule has 0 heterocycles. The molecule has 2 nitrogen and oxygen atoms in total. The van der Waals surface area contributed by atoms with Crippen molar-refractivity contribution in [2.24, 2.45) is 0 Å². The summed E-state index contributed by atoms with van der Waals surface area (Å²) in [5.41, 5.74) is 2.71. The first kappa shape index (κ1) is 12.2. The molecule has 15 heavy (non-hydrogen) atoms. The van der Waals surface area contributed by atoms with Crippen LogP contribution in [-0.2, 0) is 17.8 Å². The number of rotatable bonds is 7. The number of benzene rings is 1. The number of likely N-dealkylation sites (N-methyl/N-ethyl adjacent to an activating group) is 1. The number of ether oxygens (including phenoxy) is 1. The van der Waals surface area contributed by atoms with Crippen molar-refractivity contribution < 1.29 is 4.74 Å². The van der Waals surface area contributed by atoms with E-state index >= 15 is 0 Å². The lowest BCUT2D eigenvalue weighted by atomic mass is 10.1. The van der Waals surface area contributed by atoms with E-state index in [1.165, 1.54) is 11.1 Å². The SMILES string of the molecule is CCNCCc1ccccc1COCC. The maximum atomic E-state index is 5.45. The molecule has 0 spiro atoms. The molecule has 1 aromatic carbocycles. The Morgan fingerprint density at radius 1 is 1.13 bits per heavy atom. The Morgan fingerprint density at radius 3 is 2.53 bits per heavy atom. The largest absolute Gasteiger partial charge is 0.377 e. The first-order valence-corrected chi connectivity index (χ1v) is 5.73. The van der Waals surface area contributed by atoms with E-state index < -0.39 is 0 Å². The molecule has 0 fully saturated rings. The van der Waals surface area contributed by atoms with Crippen molar-refractivity contribution in [2.75, 3.05) is 19.7 Å². The summed E-state index contributed by atoms with van der Waals surface area (Å²) in [6, 6.07) is 8.50. The Kier molecular flexibility index (Phi) is 6.05. The summed E-state index contributed by atoms with van der Waals surface area (Å²) in [4.78, 5) is 0. The third-order valence-electron chi connectivity index (χ3n) is 2.40. The summed E-state index contributed by atoms with van der Waals surface area (Å²) in [5.74, 6) is 0. The molecule has 0 aliphatic rings. The van der Waals surface area contributed by atoms with Gasteiger partial charge >= 0.3 is 0 Å². The predicted molar refractivity (Wildman–Crippen MR) is 64.0 cm³/mol. The fourth-order valence-electron chi connectivity index (χ4n) is 1.55. The van der Waals surface area contributed by atoms with Crippen LogP contribution in [-0.4, -0.2) is 19.7 Å².